The number of nitrogens with zero attached hydrogens (tertiary/aromatic N) is 1. The molecule has 1 atom stereocenters. The minimum Gasteiger partial charge on any atom is -0.374 e. The van der Waals surface area contributed by atoms with Crippen LogP contribution in [0.1, 0.15) is 6.92 Å². The van der Waals surface area contributed by atoms with Crippen LogP contribution in [0.15, 0.2) is 71.6 Å². The number of hydrogen-bond acceptors (Lipinski definition) is 4. The van der Waals surface area contributed by atoms with E-state index in [9.17, 15) is 13.2 Å². The minimum atomic E-state index is -3.56. The summed E-state index contributed by atoms with van der Waals surface area (Å²) in [6.45, 7) is 1.75. The third-order valence-electron chi connectivity index (χ3n) is 4.41. The maximum Gasteiger partial charge on any atom is 0.246 e. The standard InChI is InChI=1S/C21H23N3O3S/c1-15(22-19-12-11-16-7-4-5-8-17(16)13-19)21(25)23-18-9-6-10-20(14-18)28(26,27)24(2)3/h4-15,22H,1-3H3,(H,23,25)/t15-/m1/s1. The first kappa shape index (κ1) is 19.9. The second kappa shape index (κ2) is 8.00. The monoisotopic (exact) mass is 397 g/mol. The van der Waals surface area contributed by atoms with E-state index in [0.717, 1.165) is 20.8 Å². The highest BCUT2D eigenvalue weighted by atomic mass is 32.2. The number of carbonyl (C=O) groups excluding carboxylic acids is 1. The predicted octanol–water partition coefficient (Wildman–Crippen LogP) is 3.53. The molecule has 0 spiro atoms. The van der Waals surface area contributed by atoms with Gasteiger partial charge < -0.3 is 10.6 Å². The zero-order valence-electron chi connectivity index (χ0n) is 16.0. The summed E-state index contributed by atoms with van der Waals surface area (Å²) in [6.07, 6.45) is 0. The van der Waals surface area contributed by atoms with Crippen LogP contribution in [-0.4, -0.2) is 38.8 Å². The smallest absolute Gasteiger partial charge is 0.246 e. The molecule has 146 valence electrons. The molecule has 0 radical (unpaired) electrons. The number of hydrogen-bond donors (Lipinski definition) is 2. The highest BCUT2D eigenvalue weighted by molar-refractivity contribution is 7.89. The van der Waals surface area contributed by atoms with E-state index in [1.165, 1.54) is 26.2 Å². The summed E-state index contributed by atoms with van der Waals surface area (Å²) in [5, 5.41) is 8.16. The van der Waals surface area contributed by atoms with Crippen LogP contribution in [0.25, 0.3) is 10.8 Å². The van der Waals surface area contributed by atoms with Crippen molar-refractivity contribution in [1.82, 2.24) is 4.31 Å². The lowest BCUT2D eigenvalue weighted by Crippen LogP contribution is -2.32. The molecule has 0 aliphatic carbocycles. The van der Waals surface area contributed by atoms with Crippen LogP contribution in [0.3, 0.4) is 0 Å². The van der Waals surface area contributed by atoms with Gasteiger partial charge in [0.1, 0.15) is 6.04 Å². The maximum absolute atomic E-state index is 12.5. The molecule has 3 aromatic rings. The van der Waals surface area contributed by atoms with Crippen LogP contribution in [0, 0.1) is 0 Å². The van der Waals surface area contributed by atoms with Crippen molar-refractivity contribution >= 4 is 38.1 Å². The second-order valence-corrected chi connectivity index (χ2v) is 8.88. The number of nitrogens with one attached hydrogen (secondary N) is 2. The van der Waals surface area contributed by atoms with Gasteiger partial charge >= 0.3 is 0 Å². The number of carbonyl (C=O) groups is 1. The summed E-state index contributed by atoms with van der Waals surface area (Å²) in [5.74, 6) is -0.257. The summed E-state index contributed by atoms with van der Waals surface area (Å²) in [5.41, 5.74) is 1.27. The largest absolute Gasteiger partial charge is 0.374 e. The van der Waals surface area contributed by atoms with Gasteiger partial charge in [0.25, 0.3) is 0 Å². The molecule has 3 rings (SSSR count). The Balaban J connectivity index is 1.72. The fraction of sp³-hybridized carbons (Fsp3) is 0.190. The van der Waals surface area contributed by atoms with E-state index >= 15 is 0 Å². The Morgan fingerprint density at radius 1 is 0.893 bits per heavy atom. The predicted molar refractivity (Wildman–Crippen MR) is 113 cm³/mol. The van der Waals surface area contributed by atoms with Gasteiger partial charge in [-0.1, -0.05) is 36.4 Å². The number of sulfonamides is 1. The third kappa shape index (κ3) is 4.32. The highest BCUT2D eigenvalue weighted by Crippen LogP contribution is 2.21. The zero-order chi connectivity index (χ0) is 20.3. The first-order chi connectivity index (χ1) is 13.3. The zero-order valence-corrected chi connectivity index (χ0v) is 16.8. The van der Waals surface area contributed by atoms with Crippen molar-refractivity contribution in [1.29, 1.82) is 0 Å². The van der Waals surface area contributed by atoms with Crippen LogP contribution in [-0.2, 0) is 14.8 Å². The fourth-order valence-electron chi connectivity index (χ4n) is 2.79. The van der Waals surface area contributed by atoms with Crippen LogP contribution in [0.4, 0.5) is 11.4 Å². The molecular weight excluding hydrogens is 374 g/mol. The van der Waals surface area contributed by atoms with E-state index in [4.69, 9.17) is 0 Å². The van der Waals surface area contributed by atoms with Gasteiger partial charge in [-0.05, 0) is 48.0 Å². The molecule has 0 saturated heterocycles. The average Bonchev–Trinajstić information content (AvgIpc) is 2.68. The van der Waals surface area contributed by atoms with E-state index in [1.54, 1.807) is 19.1 Å². The third-order valence-corrected chi connectivity index (χ3v) is 6.22. The lowest BCUT2D eigenvalue weighted by molar-refractivity contribution is -0.116. The Morgan fingerprint density at radius 3 is 2.32 bits per heavy atom. The van der Waals surface area contributed by atoms with E-state index in [-0.39, 0.29) is 10.8 Å². The van der Waals surface area contributed by atoms with Crippen molar-refractivity contribution in [3.05, 3.63) is 66.7 Å². The van der Waals surface area contributed by atoms with Crippen molar-refractivity contribution in [2.75, 3.05) is 24.7 Å². The van der Waals surface area contributed by atoms with E-state index in [0.29, 0.717) is 5.69 Å². The molecule has 7 heteroatoms. The lowest BCUT2D eigenvalue weighted by Gasteiger charge is -2.17. The molecule has 0 saturated carbocycles. The van der Waals surface area contributed by atoms with Gasteiger partial charge in [0.2, 0.25) is 15.9 Å². The molecular formula is C21H23N3O3S. The van der Waals surface area contributed by atoms with E-state index < -0.39 is 16.1 Å². The number of rotatable bonds is 6. The highest BCUT2D eigenvalue weighted by Gasteiger charge is 2.18. The van der Waals surface area contributed by atoms with Gasteiger partial charge in [0, 0.05) is 25.5 Å². The molecule has 0 aromatic heterocycles. The lowest BCUT2D eigenvalue weighted by atomic mass is 10.1. The number of fused-ring (bicyclic) bond motifs is 1. The molecule has 0 bridgehead atoms. The Hall–Kier alpha value is -2.90. The van der Waals surface area contributed by atoms with Crippen molar-refractivity contribution in [3.8, 4) is 0 Å². The Kier molecular flexibility index (Phi) is 5.67. The van der Waals surface area contributed by atoms with Gasteiger partial charge in [-0.15, -0.1) is 0 Å². The summed E-state index contributed by atoms with van der Waals surface area (Å²) in [7, 11) is -0.622. The van der Waals surface area contributed by atoms with E-state index in [2.05, 4.69) is 10.6 Å². The molecule has 0 unspecified atom stereocenters. The van der Waals surface area contributed by atoms with Crippen LogP contribution in [0.5, 0.6) is 0 Å². The number of amides is 1. The Labute approximate surface area is 165 Å². The number of anilines is 2. The van der Waals surface area contributed by atoms with Crippen LogP contribution < -0.4 is 10.6 Å². The molecule has 2 N–H and O–H groups in total. The second-order valence-electron chi connectivity index (χ2n) is 6.73. The van der Waals surface area contributed by atoms with Gasteiger partial charge in [0.05, 0.1) is 4.90 Å². The van der Waals surface area contributed by atoms with Crippen molar-refractivity contribution in [2.24, 2.45) is 0 Å². The van der Waals surface area contributed by atoms with Gasteiger partial charge in [-0.3, -0.25) is 4.79 Å². The van der Waals surface area contributed by atoms with Crippen molar-refractivity contribution in [3.63, 3.8) is 0 Å². The molecule has 0 aliphatic heterocycles. The molecule has 0 fully saturated rings. The maximum atomic E-state index is 12.5. The average molecular weight is 398 g/mol. The van der Waals surface area contributed by atoms with Crippen molar-refractivity contribution in [2.45, 2.75) is 17.9 Å². The van der Waals surface area contributed by atoms with Crippen LogP contribution >= 0.6 is 0 Å². The van der Waals surface area contributed by atoms with Gasteiger partial charge in [0.15, 0.2) is 0 Å². The summed E-state index contributed by atoms with van der Waals surface area (Å²) < 4.78 is 25.6. The van der Waals surface area contributed by atoms with E-state index in [1.807, 2.05) is 42.5 Å². The molecule has 28 heavy (non-hydrogen) atoms. The molecule has 0 heterocycles. The van der Waals surface area contributed by atoms with Gasteiger partial charge in [-0.25, -0.2) is 12.7 Å². The summed E-state index contributed by atoms with van der Waals surface area (Å²) in [6, 6.07) is 19.6. The number of benzene rings is 3. The quantitative estimate of drug-likeness (QED) is 0.667. The summed E-state index contributed by atoms with van der Waals surface area (Å²) in [4.78, 5) is 12.7. The fourth-order valence-corrected chi connectivity index (χ4v) is 3.74. The van der Waals surface area contributed by atoms with Crippen LogP contribution in [0.2, 0.25) is 0 Å². The normalized spacial score (nSPS) is 12.7. The first-order valence-corrected chi connectivity index (χ1v) is 10.3. The SMILES string of the molecule is C[C@@H](Nc1ccc2ccccc2c1)C(=O)Nc1cccc(S(=O)(=O)N(C)C)c1. The summed E-state index contributed by atoms with van der Waals surface area (Å²) >= 11 is 0. The Bertz CT molecular complexity index is 1110. The first-order valence-electron chi connectivity index (χ1n) is 8.86. The topological polar surface area (TPSA) is 78.5 Å². The molecule has 1 amide bonds. The Morgan fingerprint density at radius 2 is 1.61 bits per heavy atom. The molecule has 0 aliphatic rings. The van der Waals surface area contributed by atoms with Crippen molar-refractivity contribution < 1.29 is 13.2 Å². The van der Waals surface area contributed by atoms with Gasteiger partial charge in [-0.2, -0.15) is 0 Å². The molecule has 3 aromatic carbocycles. The molecule has 6 nitrogen and oxygen atoms in total. The minimum absolute atomic E-state index is 0.130.